The normalized spacial score (nSPS) is 21.0. The van der Waals surface area contributed by atoms with Crippen molar-refractivity contribution in [2.75, 3.05) is 13.1 Å². The Balaban J connectivity index is 1.81. The number of piperidine rings is 1. The number of rotatable bonds is 5. The average molecular weight is 388 g/mol. The molecule has 1 aromatic carbocycles. The number of sulfonamides is 1. The van der Waals surface area contributed by atoms with Crippen LogP contribution in [0.2, 0.25) is 0 Å². The number of benzene rings is 1. The molecule has 1 aromatic heterocycles. The first-order valence-electron chi connectivity index (χ1n) is 8.87. The summed E-state index contributed by atoms with van der Waals surface area (Å²) in [5.74, 6) is -0.231. The molecule has 2 heterocycles. The van der Waals surface area contributed by atoms with Gasteiger partial charge in [0.05, 0.1) is 17.6 Å². The van der Waals surface area contributed by atoms with E-state index >= 15 is 0 Å². The lowest BCUT2D eigenvalue weighted by atomic mass is 9.95. The van der Waals surface area contributed by atoms with Crippen molar-refractivity contribution >= 4 is 15.9 Å². The van der Waals surface area contributed by atoms with Crippen LogP contribution in [-0.2, 0) is 14.8 Å². The molecular weight excluding hydrogens is 364 g/mol. The minimum Gasteiger partial charge on any atom is -0.349 e. The lowest BCUT2D eigenvalue weighted by Crippen LogP contribution is -2.51. The zero-order valence-electron chi connectivity index (χ0n) is 15.5. The molecule has 3 rings (SSSR count). The van der Waals surface area contributed by atoms with Gasteiger partial charge < -0.3 is 5.32 Å². The van der Waals surface area contributed by atoms with Crippen molar-refractivity contribution in [1.82, 2.24) is 19.4 Å². The van der Waals surface area contributed by atoms with Gasteiger partial charge in [-0.15, -0.1) is 0 Å². The second-order valence-electron chi connectivity index (χ2n) is 6.79. The van der Waals surface area contributed by atoms with Gasteiger partial charge >= 0.3 is 0 Å². The molecule has 2 unspecified atom stereocenters. The summed E-state index contributed by atoms with van der Waals surface area (Å²) >= 11 is 0. The summed E-state index contributed by atoms with van der Waals surface area (Å²) in [6.45, 7) is 7.85. The van der Waals surface area contributed by atoms with Gasteiger partial charge in [-0.25, -0.2) is 13.1 Å². The van der Waals surface area contributed by atoms with Gasteiger partial charge in [0, 0.05) is 19.1 Å². The lowest BCUT2D eigenvalue weighted by Gasteiger charge is -2.36. The summed E-state index contributed by atoms with van der Waals surface area (Å²) in [7, 11) is -3.65. The summed E-state index contributed by atoms with van der Waals surface area (Å²) in [5, 5.41) is 7.15. The number of amides is 1. The average Bonchev–Trinajstić information content (AvgIpc) is 3.06. The minimum absolute atomic E-state index is 0.00176. The third-order valence-corrected chi connectivity index (χ3v) is 6.93. The van der Waals surface area contributed by atoms with Crippen molar-refractivity contribution in [3.8, 4) is 5.69 Å². The van der Waals surface area contributed by atoms with E-state index in [1.807, 2.05) is 37.3 Å². The van der Waals surface area contributed by atoms with Crippen LogP contribution >= 0.6 is 0 Å². The highest BCUT2D eigenvalue weighted by Gasteiger charge is 2.35. The van der Waals surface area contributed by atoms with E-state index in [2.05, 4.69) is 17.0 Å². The van der Waals surface area contributed by atoms with E-state index in [0.29, 0.717) is 25.2 Å². The van der Waals surface area contributed by atoms with Crippen LogP contribution in [0.5, 0.6) is 0 Å². The fourth-order valence-corrected chi connectivity index (χ4v) is 5.09. The van der Waals surface area contributed by atoms with Crippen LogP contribution in [0.15, 0.2) is 54.1 Å². The molecule has 2 atom stereocenters. The molecule has 1 amide bonds. The Hall–Kier alpha value is -2.45. The van der Waals surface area contributed by atoms with Crippen LogP contribution in [0.4, 0.5) is 0 Å². The van der Waals surface area contributed by atoms with Crippen molar-refractivity contribution in [3.05, 3.63) is 54.9 Å². The molecule has 0 spiro atoms. The van der Waals surface area contributed by atoms with E-state index in [-0.39, 0.29) is 22.8 Å². The van der Waals surface area contributed by atoms with Gasteiger partial charge in [-0.05, 0) is 37.5 Å². The highest BCUT2D eigenvalue weighted by Crippen LogP contribution is 2.26. The number of nitrogens with one attached hydrogen (secondary N) is 1. The Labute approximate surface area is 159 Å². The van der Waals surface area contributed by atoms with E-state index in [9.17, 15) is 13.2 Å². The Morgan fingerprint density at radius 2 is 2.04 bits per heavy atom. The quantitative estimate of drug-likeness (QED) is 0.793. The summed E-state index contributed by atoms with van der Waals surface area (Å²) in [6, 6.07) is 9.37. The van der Waals surface area contributed by atoms with Gasteiger partial charge in [-0.3, -0.25) is 4.79 Å². The third kappa shape index (κ3) is 3.81. The summed E-state index contributed by atoms with van der Waals surface area (Å²) in [6.07, 6.45) is 3.21. The zero-order valence-corrected chi connectivity index (χ0v) is 16.3. The molecule has 8 heteroatoms. The van der Waals surface area contributed by atoms with Gasteiger partial charge in [-0.2, -0.15) is 9.40 Å². The fourth-order valence-electron chi connectivity index (χ4n) is 3.40. The lowest BCUT2D eigenvalue weighted by molar-refractivity contribution is -0.117. The van der Waals surface area contributed by atoms with Crippen molar-refractivity contribution in [1.29, 1.82) is 0 Å². The highest BCUT2D eigenvalue weighted by atomic mass is 32.2. The van der Waals surface area contributed by atoms with Crippen LogP contribution in [0.3, 0.4) is 0 Å². The van der Waals surface area contributed by atoms with Crippen molar-refractivity contribution in [2.45, 2.75) is 31.2 Å². The predicted molar refractivity (Wildman–Crippen MR) is 103 cm³/mol. The van der Waals surface area contributed by atoms with Crippen LogP contribution in [0, 0.1) is 12.8 Å². The maximum atomic E-state index is 13.2. The molecule has 1 N–H and O–H groups in total. The second kappa shape index (κ2) is 7.66. The van der Waals surface area contributed by atoms with Gasteiger partial charge in [0.15, 0.2) is 0 Å². The number of carbonyl (C=O) groups excluding carboxylic acids is 1. The van der Waals surface area contributed by atoms with E-state index in [1.54, 1.807) is 11.6 Å². The zero-order chi connectivity index (χ0) is 19.6. The van der Waals surface area contributed by atoms with Crippen molar-refractivity contribution < 1.29 is 13.2 Å². The van der Waals surface area contributed by atoms with Gasteiger partial charge in [0.2, 0.25) is 15.9 Å². The summed E-state index contributed by atoms with van der Waals surface area (Å²) in [5.41, 5.74) is 1.40. The van der Waals surface area contributed by atoms with Crippen molar-refractivity contribution in [3.63, 3.8) is 0 Å². The molecule has 0 aliphatic carbocycles. The monoisotopic (exact) mass is 388 g/mol. The third-order valence-electron chi connectivity index (χ3n) is 4.96. The Morgan fingerprint density at radius 3 is 2.67 bits per heavy atom. The first kappa shape index (κ1) is 19.3. The number of carbonyl (C=O) groups is 1. The van der Waals surface area contributed by atoms with Gasteiger partial charge in [-0.1, -0.05) is 31.7 Å². The predicted octanol–water partition coefficient (Wildman–Crippen LogP) is 1.88. The van der Waals surface area contributed by atoms with E-state index < -0.39 is 10.0 Å². The molecule has 144 valence electrons. The molecule has 2 aromatic rings. The van der Waals surface area contributed by atoms with Crippen LogP contribution in [0.25, 0.3) is 5.69 Å². The molecule has 1 aliphatic heterocycles. The van der Waals surface area contributed by atoms with E-state index in [1.165, 1.54) is 16.6 Å². The number of para-hydroxylation sites is 1. The van der Waals surface area contributed by atoms with E-state index in [0.717, 1.165) is 5.69 Å². The van der Waals surface area contributed by atoms with E-state index in [4.69, 9.17) is 0 Å². The molecule has 1 fully saturated rings. The highest BCUT2D eigenvalue weighted by molar-refractivity contribution is 7.89. The van der Waals surface area contributed by atoms with Gasteiger partial charge in [0.25, 0.3) is 0 Å². The Bertz CT molecular complexity index is 937. The molecule has 0 saturated carbocycles. The number of hydrogen-bond donors (Lipinski definition) is 1. The Kier molecular flexibility index (Phi) is 5.48. The molecule has 1 saturated heterocycles. The standard InChI is InChI=1S/C19H24N4O3S/c1-4-19(24)21-17-10-11-22(13-14(17)2)27(25,26)18-12-20-23(15(18)3)16-8-6-5-7-9-16/h4-9,12,14,17H,1,10-11,13H2,2-3H3,(H,21,24). The second-order valence-corrected chi connectivity index (χ2v) is 8.70. The maximum absolute atomic E-state index is 13.2. The smallest absolute Gasteiger partial charge is 0.246 e. The van der Waals surface area contributed by atoms with Crippen LogP contribution in [0.1, 0.15) is 19.0 Å². The van der Waals surface area contributed by atoms with Crippen LogP contribution < -0.4 is 5.32 Å². The first-order valence-corrected chi connectivity index (χ1v) is 10.3. The molecule has 0 radical (unpaired) electrons. The Morgan fingerprint density at radius 1 is 1.33 bits per heavy atom. The minimum atomic E-state index is -3.65. The summed E-state index contributed by atoms with van der Waals surface area (Å²) in [4.78, 5) is 11.8. The first-order chi connectivity index (χ1) is 12.8. The molecule has 0 bridgehead atoms. The van der Waals surface area contributed by atoms with Crippen LogP contribution in [-0.4, -0.2) is 47.5 Å². The molecular formula is C19H24N4O3S. The SMILES string of the molecule is C=CC(=O)NC1CCN(S(=O)(=O)c2cnn(-c3ccccc3)c2C)CC1C. The van der Waals surface area contributed by atoms with Gasteiger partial charge in [0.1, 0.15) is 4.90 Å². The fraction of sp³-hybridized carbons (Fsp3) is 0.368. The maximum Gasteiger partial charge on any atom is 0.246 e. The summed E-state index contributed by atoms with van der Waals surface area (Å²) < 4.78 is 29.4. The topological polar surface area (TPSA) is 84.3 Å². The molecule has 27 heavy (non-hydrogen) atoms. The number of hydrogen-bond acceptors (Lipinski definition) is 4. The van der Waals surface area contributed by atoms with Crippen molar-refractivity contribution in [2.24, 2.45) is 5.92 Å². The molecule has 7 nitrogen and oxygen atoms in total. The number of aromatic nitrogens is 2. The molecule has 1 aliphatic rings. The number of nitrogens with zero attached hydrogens (tertiary/aromatic N) is 3. The largest absolute Gasteiger partial charge is 0.349 e.